The van der Waals surface area contributed by atoms with Crippen molar-refractivity contribution in [1.82, 2.24) is 5.48 Å². The second-order valence-corrected chi connectivity index (χ2v) is 5.14. The maximum absolute atomic E-state index is 11.2. The van der Waals surface area contributed by atoms with Gasteiger partial charge in [0.25, 0.3) is 11.6 Å². The first kappa shape index (κ1) is 27.7. The number of carboxylic acid groups (broad SMARTS) is 3. The van der Waals surface area contributed by atoms with Crippen molar-refractivity contribution in [3.63, 3.8) is 0 Å². The van der Waals surface area contributed by atoms with Crippen LogP contribution in [0.25, 0.3) is 0 Å². The molecule has 0 aromatic heterocycles. The predicted octanol–water partition coefficient (Wildman–Crippen LogP) is -0.359. The molecule has 1 aromatic carbocycles. The van der Waals surface area contributed by atoms with Crippen LogP contribution in [0.15, 0.2) is 18.2 Å². The zero-order chi connectivity index (χ0) is 22.1. The van der Waals surface area contributed by atoms with Gasteiger partial charge in [0, 0.05) is 11.6 Å². The Labute approximate surface area is 168 Å². The van der Waals surface area contributed by atoms with Crippen LogP contribution in [0.1, 0.15) is 23.2 Å². The Bertz CT molecular complexity index is 768. The van der Waals surface area contributed by atoms with Crippen molar-refractivity contribution in [2.45, 2.75) is 18.4 Å². The number of aliphatic carboxylic acids is 3. The van der Waals surface area contributed by atoms with Gasteiger partial charge >= 0.3 is 17.9 Å². The number of anilines is 1. The molecule has 0 radical (unpaired) electrons. The molecule has 0 heterocycles. The Hall–Kier alpha value is -3.49. The molecule has 1 rings (SSSR count). The number of hydrogen-bond acceptors (Lipinski definition) is 9. The maximum Gasteiger partial charge on any atom is 0.336 e. The van der Waals surface area contributed by atoms with Gasteiger partial charge in [-0.2, -0.15) is 0 Å². The fraction of sp³-hybridized carbons (Fsp3) is 0.286. The Morgan fingerprint density at radius 2 is 1.66 bits per heavy atom. The summed E-state index contributed by atoms with van der Waals surface area (Å²) < 4.78 is 0. The van der Waals surface area contributed by atoms with E-state index in [2.05, 4.69) is 4.84 Å². The first-order chi connectivity index (χ1) is 12.8. The summed E-state index contributed by atoms with van der Waals surface area (Å²) in [6.45, 7) is 0. The Morgan fingerprint density at radius 1 is 1.17 bits per heavy atom. The van der Waals surface area contributed by atoms with Crippen molar-refractivity contribution in [1.29, 1.82) is 0 Å². The van der Waals surface area contributed by atoms with Crippen molar-refractivity contribution < 1.29 is 49.4 Å². The highest BCUT2D eigenvalue weighted by Gasteiger charge is 2.40. The average molecular weight is 440 g/mol. The van der Waals surface area contributed by atoms with E-state index < -0.39 is 47.2 Å². The van der Waals surface area contributed by atoms with E-state index in [0.717, 1.165) is 6.07 Å². The van der Waals surface area contributed by atoms with E-state index in [4.69, 9.17) is 26.2 Å². The minimum Gasteiger partial charge on any atom is -0.481 e. The Balaban J connectivity index is 0. The molecular formula is C14H18ClN3O11. The Kier molecular flexibility index (Phi) is 11.5. The first-order valence-corrected chi connectivity index (χ1v) is 7.10. The molecule has 162 valence electrons. The molecule has 0 saturated heterocycles. The molecular weight excluding hydrogens is 422 g/mol. The second kappa shape index (κ2) is 12.1. The molecule has 0 saturated carbocycles. The molecule has 0 aliphatic heterocycles. The lowest BCUT2D eigenvalue weighted by atomic mass is 9.96. The molecule has 0 fully saturated rings. The summed E-state index contributed by atoms with van der Waals surface area (Å²) in [7, 11) is 1.27. The zero-order valence-corrected chi connectivity index (χ0v) is 15.5. The largest absolute Gasteiger partial charge is 0.481 e. The number of nitrogens with zero attached hydrogens (tertiary/aromatic N) is 1. The number of hydrogen-bond donors (Lipinski definition) is 6. The number of nitrogen functional groups attached to an aromatic ring is 1. The topological polar surface area (TPSA) is 240 Å². The molecule has 0 bridgehead atoms. The zero-order valence-electron chi connectivity index (χ0n) is 14.7. The standard InChI is InChI=1S/C8H9N3O4.C6H8O7.ClH/c1-15-10-8(12)5-2-3-6(9)7(4-5)11(13)14;7-3(8)1-6(13,5(11)12)2-4(9)10;/h2-4H,9H2,1H3,(H,10,12);13H,1-2H2,(H,7,8)(H,9,10)(H,11,12);1H. The van der Waals surface area contributed by atoms with E-state index in [9.17, 15) is 29.3 Å². The molecule has 0 aliphatic rings. The highest BCUT2D eigenvalue weighted by Crippen LogP contribution is 2.22. The van der Waals surface area contributed by atoms with Gasteiger partial charge in [0.05, 0.1) is 24.9 Å². The smallest absolute Gasteiger partial charge is 0.336 e. The summed E-state index contributed by atoms with van der Waals surface area (Å²) in [5.74, 6) is -5.59. The van der Waals surface area contributed by atoms with E-state index in [1.807, 2.05) is 5.48 Å². The van der Waals surface area contributed by atoms with Gasteiger partial charge in [-0.25, -0.2) is 10.3 Å². The van der Waals surface area contributed by atoms with Gasteiger partial charge in [-0.15, -0.1) is 12.4 Å². The molecule has 0 atom stereocenters. The minimum atomic E-state index is -2.74. The van der Waals surface area contributed by atoms with Crippen LogP contribution in [0.3, 0.4) is 0 Å². The number of rotatable bonds is 8. The summed E-state index contributed by atoms with van der Waals surface area (Å²) in [5, 5.41) is 44.3. The lowest BCUT2D eigenvalue weighted by Gasteiger charge is -2.18. The van der Waals surface area contributed by atoms with Crippen LogP contribution >= 0.6 is 12.4 Å². The molecule has 1 amide bonds. The number of nitrogens with two attached hydrogens (primary N) is 1. The number of amides is 1. The Morgan fingerprint density at radius 3 is 2.00 bits per heavy atom. The molecule has 29 heavy (non-hydrogen) atoms. The fourth-order valence-corrected chi connectivity index (χ4v) is 1.71. The SMILES string of the molecule is CONC(=O)c1ccc(N)c([N+](=O)[O-])c1.Cl.O=C(O)CC(O)(CC(=O)O)C(=O)O. The van der Waals surface area contributed by atoms with Gasteiger partial charge in [0.1, 0.15) is 5.69 Å². The van der Waals surface area contributed by atoms with E-state index >= 15 is 0 Å². The van der Waals surface area contributed by atoms with Crippen molar-refractivity contribution in [2.75, 3.05) is 12.8 Å². The number of carbonyl (C=O) groups is 4. The molecule has 0 unspecified atom stereocenters. The van der Waals surface area contributed by atoms with E-state index in [1.165, 1.54) is 19.2 Å². The van der Waals surface area contributed by atoms with Gasteiger partial charge in [0.15, 0.2) is 5.60 Å². The highest BCUT2D eigenvalue weighted by atomic mass is 35.5. The van der Waals surface area contributed by atoms with Crippen molar-refractivity contribution >= 4 is 47.6 Å². The number of nitro benzene ring substituents is 1. The summed E-state index contributed by atoms with van der Waals surface area (Å²) >= 11 is 0. The number of halogens is 1. The first-order valence-electron chi connectivity index (χ1n) is 7.10. The molecule has 14 nitrogen and oxygen atoms in total. The van der Waals surface area contributed by atoms with Crippen LogP contribution in [0, 0.1) is 10.1 Å². The van der Waals surface area contributed by atoms with Crippen molar-refractivity contribution in [2.24, 2.45) is 0 Å². The fourth-order valence-electron chi connectivity index (χ4n) is 1.71. The van der Waals surface area contributed by atoms with E-state index in [-0.39, 0.29) is 29.3 Å². The number of carboxylic acids is 3. The van der Waals surface area contributed by atoms with Crippen LogP contribution in [0.2, 0.25) is 0 Å². The number of benzene rings is 1. The van der Waals surface area contributed by atoms with Crippen LogP contribution in [-0.2, 0) is 19.2 Å². The molecule has 0 aliphatic carbocycles. The number of carbonyl (C=O) groups excluding carboxylic acids is 1. The minimum absolute atomic E-state index is 0. The number of nitrogens with one attached hydrogen (secondary N) is 1. The van der Waals surface area contributed by atoms with Gasteiger partial charge < -0.3 is 26.2 Å². The van der Waals surface area contributed by atoms with Crippen molar-refractivity contribution in [3.05, 3.63) is 33.9 Å². The van der Waals surface area contributed by atoms with Gasteiger partial charge in [-0.05, 0) is 12.1 Å². The van der Waals surface area contributed by atoms with Crippen molar-refractivity contribution in [3.8, 4) is 0 Å². The average Bonchev–Trinajstić information content (AvgIpc) is 2.54. The van der Waals surface area contributed by atoms with Gasteiger partial charge in [-0.3, -0.25) is 29.3 Å². The predicted molar refractivity (Wildman–Crippen MR) is 96.3 cm³/mol. The quantitative estimate of drug-likeness (QED) is 0.173. The monoisotopic (exact) mass is 439 g/mol. The second-order valence-electron chi connectivity index (χ2n) is 5.14. The molecule has 1 aromatic rings. The van der Waals surface area contributed by atoms with Crippen LogP contribution < -0.4 is 11.2 Å². The highest BCUT2D eigenvalue weighted by molar-refractivity contribution is 5.94. The van der Waals surface area contributed by atoms with Crippen LogP contribution in [0.5, 0.6) is 0 Å². The number of hydroxylamine groups is 1. The van der Waals surface area contributed by atoms with E-state index in [1.54, 1.807) is 0 Å². The number of nitro groups is 1. The van der Waals surface area contributed by atoms with Gasteiger partial charge in [-0.1, -0.05) is 0 Å². The third kappa shape index (κ3) is 9.32. The molecule has 7 N–H and O–H groups in total. The summed E-state index contributed by atoms with van der Waals surface area (Å²) in [4.78, 5) is 56.0. The maximum atomic E-state index is 11.2. The lowest BCUT2D eigenvalue weighted by Crippen LogP contribution is -2.42. The summed E-state index contributed by atoms with van der Waals surface area (Å²) in [6, 6.07) is 3.75. The third-order valence-electron chi connectivity index (χ3n) is 2.97. The van der Waals surface area contributed by atoms with Crippen LogP contribution in [-0.4, -0.2) is 61.9 Å². The molecule has 0 spiro atoms. The third-order valence-corrected chi connectivity index (χ3v) is 2.97. The summed E-state index contributed by atoms with van der Waals surface area (Å²) in [5.41, 5.74) is 4.48. The lowest BCUT2D eigenvalue weighted by molar-refractivity contribution is -0.383. The van der Waals surface area contributed by atoms with E-state index in [0.29, 0.717) is 0 Å². The van der Waals surface area contributed by atoms with Gasteiger partial charge in [0.2, 0.25) is 0 Å². The molecule has 15 heteroatoms. The summed E-state index contributed by atoms with van der Waals surface area (Å²) in [6.07, 6.45) is -2.29. The normalized spacial score (nSPS) is 9.86. The van der Waals surface area contributed by atoms with Crippen LogP contribution in [0.4, 0.5) is 11.4 Å². The number of aliphatic hydroxyl groups is 1.